The highest BCUT2D eigenvalue weighted by atomic mass is 16.5. The number of hydrogen-bond acceptors (Lipinski definition) is 3. The number of carbonyl (C=O) groups is 1. The average Bonchev–Trinajstić information content (AvgIpc) is 2.82. The molecule has 1 saturated heterocycles. The summed E-state index contributed by atoms with van der Waals surface area (Å²) in [5.74, 6) is -0.243. The zero-order chi connectivity index (χ0) is 12.3. The van der Waals surface area contributed by atoms with E-state index in [1.54, 1.807) is 0 Å². The van der Waals surface area contributed by atoms with Gasteiger partial charge in [0, 0.05) is 18.8 Å². The van der Waals surface area contributed by atoms with Crippen molar-refractivity contribution in [1.29, 1.82) is 0 Å². The number of nitrogens with zero attached hydrogens (tertiary/aromatic N) is 1. The summed E-state index contributed by atoms with van der Waals surface area (Å²) in [5, 5.41) is 0. The lowest BCUT2D eigenvalue weighted by molar-refractivity contribution is 0.0378. The Labute approximate surface area is 102 Å². The van der Waals surface area contributed by atoms with E-state index >= 15 is 0 Å². The highest BCUT2D eigenvalue weighted by Gasteiger charge is 2.13. The lowest BCUT2D eigenvalue weighted by atomic mass is 10.2. The zero-order valence-electron chi connectivity index (χ0n) is 10.5. The zero-order valence-corrected chi connectivity index (χ0v) is 10.5. The van der Waals surface area contributed by atoms with E-state index in [9.17, 15) is 4.79 Å². The second-order valence-corrected chi connectivity index (χ2v) is 4.70. The summed E-state index contributed by atoms with van der Waals surface area (Å²) in [7, 11) is 0. The summed E-state index contributed by atoms with van der Waals surface area (Å²) >= 11 is 0. The third-order valence-corrected chi connectivity index (χ3v) is 2.92. The molecule has 2 rings (SSSR count). The number of benzene rings is 1. The number of ether oxygens (including phenoxy) is 1. The summed E-state index contributed by atoms with van der Waals surface area (Å²) in [6.07, 6.45) is 2.45. The van der Waals surface area contributed by atoms with Crippen molar-refractivity contribution in [2.24, 2.45) is 0 Å². The second kappa shape index (κ2) is 5.21. The molecule has 17 heavy (non-hydrogen) atoms. The van der Waals surface area contributed by atoms with Gasteiger partial charge in [0.1, 0.15) is 0 Å². The van der Waals surface area contributed by atoms with Crippen LogP contribution in [0.1, 0.15) is 37.0 Å². The fourth-order valence-corrected chi connectivity index (χ4v) is 2.07. The van der Waals surface area contributed by atoms with Crippen LogP contribution < -0.4 is 4.90 Å². The van der Waals surface area contributed by atoms with E-state index in [1.165, 1.54) is 18.5 Å². The molecule has 0 spiro atoms. The van der Waals surface area contributed by atoms with Gasteiger partial charge in [0.2, 0.25) is 0 Å². The lowest BCUT2D eigenvalue weighted by Gasteiger charge is -2.17. The van der Waals surface area contributed by atoms with Crippen molar-refractivity contribution in [1.82, 2.24) is 0 Å². The van der Waals surface area contributed by atoms with Gasteiger partial charge >= 0.3 is 5.97 Å². The maximum Gasteiger partial charge on any atom is 0.338 e. The third-order valence-electron chi connectivity index (χ3n) is 2.92. The molecule has 1 fully saturated rings. The normalized spacial score (nSPS) is 15.4. The van der Waals surface area contributed by atoms with E-state index in [4.69, 9.17) is 4.74 Å². The van der Waals surface area contributed by atoms with Crippen molar-refractivity contribution in [3.05, 3.63) is 29.8 Å². The van der Waals surface area contributed by atoms with Gasteiger partial charge in [-0.15, -0.1) is 0 Å². The topological polar surface area (TPSA) is 29.5 Å². The summed E-state index contributed by atoms with van der Waals surface area (Å²) in [4.78, 5) is 14.0. The summed E-state index contributed by atoms with van der Waals surface area (Å²) in [6.45, 7) is 5.96. The number of anilines is 1. The second-order valence-electron chi connectivity index (χ2n) is 4.70. The molecular weight excluding hydrogens is 214 g/mol. The molecule has 0 N–H and O–H groups in total. The molecule has 3 nitrogen and oxygen atoms in total. The van der Waals surface area contributed by atoms with Crippen LogP contribution in [0, 0.1) is 0 Å². The van der Waals surface area contributed by atoms with E-state index in [0.717, 1.165) is 13.1 Å². The van der Waals surface area contributed by atoms with Crippen molar-refractivity contribution in [2.75, 3.05) is 18.0 Å². The Balaban J connectivity index is 2.04. The minimum atomic E-state index is -0.243. The third kappa shape index (κ3) is 2.99. The molecule has 3 heteroatoms. The number of hydrogen-bond donors (Lipinski definition) is 0. The highest BCUT2D eigenvalue weighted by Crippen LogP contribution is 2.20. The van der Waals surface area contributed by atoms with Gasteiger partial charge in [0.25, 0.3) is 0 Å². The van der Waals surface area contributed by atoms with Crippen LogP contribution in [0.25, 0.3) is 0 Å². The van der Waals surface area contributed by atoms with E-state index < -0.39 is 0 Å². The highest BCUT2D eigenvalue weighted by molar-refractivity contribution is 5.89. The summed E-state index contributed by atoms with van der Waals surface area (Å²) < 4.78 is 5.15. The van der Waals surface area contributed by atoms with Gasteiger partial charge in [-0.05, 0) is 51.0 Å². The van der Waals surface area contributed by atoms with Crippen molar-refractivity contribution in [2.45, 2.75) is 32.8 Å². The van der Waals surface area contributed by atoms with Crippen LogP contribution in [0.15, 0.2) is 24.3 Å². The van der Waals surface area contributed by atoms with Crippen LogP contribution in [0.3, 0.4) is 0 Å². The molecule has 0 unspecified atom stereocenters. The fourth-order valence-electron chi connectivity index (χ4n) is 2.07. The van der Waals surface area contributed by atoms with Crippen molar-refractivity contribution < 1.29 is 9.53 Å². The molecule has 1 heterocycles. The van der Waals surface area contributed by atoms with E-state index in [0.29, 0.717) is 5.56 Å². The average molecular weight is 233 g/mol. The Hall–Kier alpha value is -1.51. The maximum atomic E-state index is 11.7. The van der Waals surface area contributed by atoms with Gasteiger partial charge in [-0.3, -0.25) is 0 Å². The van der Waals surface area contributed by atoms with Crippen molar-refractivity contribution >= 4 is 11.7 Å². The first-order valence-electron chi connectivity index (χ1n) is 6.23. The molecule has 0 saturated carbocycles. The van der Waals surface area contributed by atoms with Gasteiger partial charge in [-0.2, -0.15) is 0 Å². The van der Waals surface area contributed by atoms with Gasteiger partial charge < -0.3 is 9.64 Å². The monoisotopic (exact) mass is 233 g/mol. The van der Waals surface area contributed by atoms with Gasteiger partial charge in [-0.1, -0.05) is 0 Å². The number of rotatable bonds is 3. The van der Waals surface area contributed by atoms with Crippen LogP contribution in [0.2, 0.25) is 0 Å². The molecule has 1 aliphatic rings. The Morgan fingerprint density at radius 2 is 1.76 bits per heavy atom. The van der Waals surface area contributed by atoms with Gasteiger partial charge in [0.15, 0.2) is 0 Å². The molecule has 1 aliphatic heterocycles. The molecule has 0 aliphatic carbocycles. The Morgan fingerprint density at radius 3 is 2.29 bits per heavy atom. The first-order valence-corrected chi connectivity index (χ1v) is 6.23. The summed E-state index contributed by atoms with van der Waals surface area (Å²) in [5.41, 5.74) is 1.82. The Morgan fingerprint density at radius 1 is 1.18 bits per heavy atom. The number of carbonyl (C=O) groups excluding carboxylic acids is 1. The molecular formula is C14H19NO2. The Bertz CT molecular complexity index is 378. The van der Waals surface area contributed by atoms with E-state index in [1.807, 2.05) is 38.1 Å². The number of esters is 1. The largest absolute Gasteiger partial charge is 0.459 e. The quantitative estimate of drug-likeness (QED) is 0.752. The van der Waals surface area contributed by atoms with Crippen LogP contribution in [0.5, 0.6) is 0 Å². The minimum absolute atomic E-state index is 0.0687. The van der Waals surface area contributed by atoms with Crippen LogP contribution >= 0.6 is 0 Å². The molecule has 1 aromatic rings. The van der Waals surface area contributed by atoms with Crippen molar-refractivity contribution in [3.8, 4) is 0 Å². The fraction of sp³-hybridized carbons (Fsp3) is 0.500. The predicted molar refractivity (Wildman–Crippen MR) is 68.4 cm³/mol. The van der Waals surface area contributed by atoms with Crippen molar-refractivity contribution in [3.63, 3.8) is 0 Å². The van der Waals surface area contributed by atoms with E-state index in [2.05, 4.69) is 4.90 Å². The molecule has 0 aromatic heterocycles. The van der Waals surface area contributed by atoms with Crippen LogP contribution in [-0.2, 0) is 4.74 Å². The summed E-state index contributed by atoms with van der Waals surface area (Å²) in [6, 6.07) is 7.70. The molecule has 0 atom stereocenters. The lowest BCUT2D eigenvalue weighted by Crippen LogP contribution is -2.17. The van der Waals surface area contributed by atoms with E-state index in [-0.39, 0.29) is 12.1 Å². The molecule has 0 amide bonds. The molecule has 0 radical (unpaired) electrons. The molecule has 0 bridgehead atoms. The standard InChI is InChI=1S/C14H19NO2/c1-11(2)17-14(16)12-5-7-13(8-6-12)15-9-3-4-10-15/h5-8,11H,3-4,9-10H2,1-2H3. The SMILES string of the molecule is CC(C)OC(=O)c1ccc(N2CCCC2)cc1. The van der Waals surface area contributed by atoms with Gasteiger partial charge in [0.05, 0.1) is 11.7 Å². The molecule has 1 aromatic carbocycles. The Kier molecular flexibility index (Phi) is 3.67. The van der Waals surface area contributed by atoms with Crippen LogP contribution in [0.4, 0.5) is 5.69 Å². The molecule has 92 valence electrons. The first kappa shape index (κ1) is 12.0. The first-order chi connectivity index (χ1) is 8.16. The van der Waals surface area contributed by atoms with Gasteiger partial charge in [-0.25, -0.2) is 4.79 Å². The smallest absolute Gasteiger partial charge is 0.338 e. The minimum Gasteiger partial charge on any atom is -0.459 e. The van der Waals surface area contributed by atoms with Crippen LogP contribution in [-0.4, -0.2) is 25.2 Å². The maximum absolute atomic E-state index is 11.7. The predicted octanol–water partition coefficient (Wildman–Crippen LogP) is 2.85.